The summed E-state index contributed by atoms with van der Waals surface area (Å²) in [6.45, 7) is 0.599. The van der Waals surface area contributed by atoms with Gasteiger partial charge in [0.1, 0.15) is 5.65 Å². The number of rotatable bonds is 2. The highest BCUT2D eigenvalue weighted by atomic mass is 15.1. The van der Waals surface area contributed by atoms with E-state index in [1.807, 2.05) is 12.3 Å². The molecule has 0 spiro atoms. The molecule has 14 heavy (non-hydrogen) atoms. The molecule has 2 heterocycles. The van der Waals surface area contributed by atoms with E-state index >= 15 is 0 Å². The van der Waals surface area contributed by atoms with Crippen LogP contribution in [0.4, 0.5) is 0 Å². The minimum atomic E-state index is 0.599. The van der Waals surface area contributed by atoms with E-state index in [-0.39, 0.29) is 0 Å². The van der Waals surface area contributed by atoms with Crippen molar-refractivity contribution in [2.24, 2.45) is 5.73 Å². The summed E-state index contributed by atoms with van der Waals surface area (Å²) < 4.78 is 2.28. The summed E-state index contributed by atoms with van der Waals surface area (Å²) in [6, 6.07) is 4.75. The van der Waals surface area contributed by atoms with Crippen molar-refractivity contribution < 1.29 is 0 Å². The average Bonchev–Trinajstić information content (AvgIpc) is 3.00. The van der Waals surface area contributed by atoms with Gasteiger partial charge < -0.3 is 10.3 Å². The van der Waals surface area contributed by atoms with E-state index in [0.717, 1.165) is 5.65 Å². The number of hydrogen-bond acceptors (Lipinski definition) is 2. The smallest absolute Gasteiger partial charge is 0.140 e. The molecule has 3 rings (SSSR count). The van der Waals surface area contributed by atoms with Crippen LogP contribution < -0.4 is 5.73 Å². The van der Waals surface area contributed by atoms with Crippen molar-refractivity contribution in [3.8, 4) is 0 Å². The molecule has 1 saturated carbocycles. The average molecular weight is 187 g/mol. The summed E-state index contributed by atoms with van der Waals surface area (Å²) in [4.78, 5) is 4.42. The molecule has 0 aromatic carbocycles. The zero-order chi connectivity index (χ0) is 9.54. The highest BCUT2D eigenvalue weighted by Crippen LogP contribution is 2.38. The minimum Gasteiger partial charge on any atom is -0.329 e. The van der Waals surface area contributed by atoms with E-state index in [4.69, 9.17) is 5.73 Å². The summed E-state index contributed by atoms with van der Waals surface area (Å²) in [6.07, 6.45) is 6.57. The summed E-state index contributed by atoms with van der Waals surface area (Å²) in [5, 5.41) is 1.21. The van der Waals surface area contributed by atoms with Gasteiger partial charge in [-0.05, 0) is 30.5 Å². The van der Waals surface area contributed by atoms with Gasteiger partial charge in [0, 0.05) is 30.4 Å². The Bertz CT molecular complexity index is 468. The van der Waals surface area contributed by atoms with Crippen molar-refractivity contribution in [2.45, 2.75) is 25.4 Å². The molecule has 72 valence electrons. The molecule has 0 bridgehead atoms. The number of aromatic nitrogens is 2. The van der Waals surface area contributed by atoms with Crippen LogP contribution in [0.5, 0.6) is 0 Å². The maximum Gasteiger partial charge on any atom is 0.140 e. The van der Waals surface area contributed by atoms with Gasteiger partial charge in [-0.25, -0.2) is 4.98 Å². The fourth-order valence-electron chi connectivity index (χ4n) is 1.95. The van der Waals surface area contributed by atoms with Crippen LogP contribution in [0.15, 0.2) is 24.5 Å². The van der Waals surface area contributed by atoms with Crippen molar-refractivity contribution in [2.75, 3.05) is 0 Å². The zero-order valence-electron chi connectivity index (χ0n) is 7.98. The quantitative estimate of drug-likeness (QED) is 0.779. The first-order valence-corrected chi connectivity index (χ1v) is 5.04. The first-order chi connectivity index (χ1) is 6.90. The molecular weight excluding hydrogens is 174 g/mol. The topological polar surface area (TPSA) is 43.8 Å². The van der Waals surface area contributed by atoms with Crippen molar-refractivity contribution >= 4 is 11.0 Å². The van der Waals surface area contributed by atoms with Crippen molar-refractivity contribution in [1.82, 2.24) is 9.55 Å². The summed E-state index contributed by atoms with van der Waals surface area (Å²) in [7, 11) is 0. The molecule has 3 heteroatoms. The molecule has 1 aliphatic carbocycles. The zero-order valence-corrected chi connectivity index (χ0v) is 7.98. The van der Waals surface area contributed by atoms with Crippen molar-refractivity contribution in [1.29, 1.82) is 0 Å². The fraction of sp³-hybridized carbons (Fsp3) is 0.364. The van der Waals surface area contributed by atoms with Crippen LogP contribution in [0.1, 0.15) is 24.4 Å². The van der Waals surface area contributed by atoms with Crippen LogP contribution in [-0.4, -0.2) is 9.55 Å². The third kappa shape index (κ3) is 1.06. The van der Waals surface area contributed by atoms with Gasteiger partial charge in [-0.15, -0.1) is 0 Å². The lowest BCUT2D eigenvalue weighted by atomic mass is 10.2. The van der Waals surface area contributed by atoms with Crippen LogP contribution >= 0.6 is 0 Å². The molecule has 2 aromatic rings. The summed E-state index contributed by atoms with van der Waals surface area (Å²) >= 11 is 0. The maximum atomic E-state index is 5.71. The molecule has 0 radical (unpaired) electrons. The van der Waals surface area contributed by atoms with Crippen LogP contribution in [0, 0.1) is 0 Å². The summed E-state index contributed by atoms with van der Waals surface area (Å²) in [5.41, 5.74) is 8.01. The van der Waals surface area contributed by atoms with Crippen LogP contribution in [0.3, 0.4) is 0 Å². The number of hydrogen-bond donors (Lipinski definition) is 1. The second kappa shape index (κ2) is 2.82. The van der Waals surface area contributed by atoms with E-state index < -0.39 is 0 Å². The fourth-order valence-corrected chi connectivity index (χ4v) is 1.95. The molecule has 1 fully saturated rings. The van der Waals surface area contributed by atoms with E-state index in [2.05, 4.69) is 21.8 Å². The van der Waals surface area contributed by atoms with E-state index in [9.17, 15) is 0 Å². The molecule has 0 aliphatic heterocycles. The molecule has 2 N–H and O–H groups in total. The highest BCUT2D eigenvalue weighted by molar-refractivity contribution is 5.80. The standard InChI is InChI=1S/C11H13N3/c12-6-8-7-14(9-3-4-9)11-10(8)2-1-5-13-11/h1-2,5,7,9H,3-4,6,12H2. The third-order valence-corrected chi connectivity index (χ3v) is 2.83. The lowest BCUT2D eigenvalue weighted by Gasteiger charge is -1.99. The van der Waals surface area contributed by atoms with Gasteiger partial charge in [0.25, 0.3) is 0 Å². The number of nitrogens with zero attached hydrogens (tertiary/aromatic N) is 2. The monoisotopic (exact) mass is 187 g/mol. The lowest BCUT2D eigenvalue weighted by molar-refractivity contribution is 0.762. The molecule has 2 aromatic heterocycles. The lowest BCUT2D eigenvalue weighted by Crippen LogP contribution is -1.95. The van der Waals surface area contributed by atoms with E-state index in [1.54, 1.807) is 0 Å². The number of pyridine rings is 1. The van der Waals surface area contributed by atoms with E-state index in [0.29, 0.717) is 12.6 Å². The first-order valence-electron chi connectivity index (χ1n) is 5.04. The van der Waals surface area contributed by atoms with Crippen LogP contribution in [0.25, 0.3) is 11.0 Å². The Morgan fingerprint density at radius 2 is 2.36 bits per heavy atom. The molecule has 3 nitrogen and oxygen atoms in total. The SMILES string of the molecule is NCc1cn(C2CC2)c2ncccc12. The summed E-state index contributed by atoms with van der Waals surface area (Å²) in [5.74, 6) is 0. The molecule has 0 unspecified atom stereocenters. The van der Waals surface area contributed by atoms with Gasteiger partial charge in [0.15, 0.2) is 0 Å². The maximum absolute atomic E-state index is 5.71. The Labute approximate surface area is 82.5 Å². The molecule has 1 aliphatic rings. The van der Waals surface area contributed by atoms with Gasteiger partial charge in [-0.1, -0.05) is 0 Å². The molecule has 0 atom stereocenters. The number of nitrogens with two attached hydrogens (primary N) is 1. The normalized spacial score (nSPS) is 16.4. The van der Waals surface area contributed by atoms with Gasteiger partial charge >= 0.3 is 0 Å². The van der Waals surface area contributed by atoms with Crippen molar-refractivity contribution in [3.63, 3.8) is 0 Å². The Hall–Kier alpha value is -1.35. The molecular formula is C11H13N3. The van der Waals surface area contributed by atoms with E-state index in [1.165, 1.54) is 23.8 Å². The predicted octanol–water partition coefficient (Wildman–Crippen LogP) is 1.83. The van der Waals surface area contributed by atoms with Crippen LogP contribution in [0.2, 0.25) is 0 Å². The van der Waals surface area contributed by atoms with Crippen LogP contribution in [-0.2, 0) is 6.54 Å². The Kier molecular flexibility index (Phi) is 1.61. The van der Waals surface area contributed by atoms with Gasteiger partial charge in [-0.3, -0.25) is 0 Å². The predicted molar refractivity (Wildman–Crippen MR) is 55.9 cm³/mol. The molecule has 0 saturated heterocycles. The second-order valence-electron chi connectivity index (χ2n) is 3.87. The highest BCUT2D eigenvalue weighted by Gasteiger charge is 2.25. The Morgan fingerprint density at radius 3 is 3.07 bits per heavy atom. The van der Waals surface area contributed by atoms with Crippen molar-refractivity contribution in [3.05, 3.63) is 30.1 Å². The minimum absolute atomic E-state index is 0.599. The van der Waals surface area contributed by atoms with Gasteiger partial charge in [0.2, 0.25) is 0 Å². The largest absolute Gasteiger partial charge is 0.329 e. The first kappa shape index (κ1) is 8.00. The van der Waals surface area contributed by atoms with Gasteiger partial charge in [0.05, 0.1) is 0 Å². The Morgan fingerprint density at radius 1 is 1.50 bits per heavy atom. The Balaban J connectivity index is 2.28. The molecule has 0 amide bonds. The van der Waals surface area contributed by atoms with Gasteiger partial charge in [-0.2, -0.15) is 0 Å². The second-order valence-corrected chi connectivity index (χ2v) is 3.87. The number of fused-ring (bicyclic) bond motifs is 1. The third-order valence-electron chi connectivity index (χ3n) is 2.83.